The smallest absolute Gasteiger partial charge is 0.109 e. The molecule has 0 saturated carbocycles. The molecule has 0 bridgehead atoms. The van der Waals surface area contributed by atoms with Gasteiger partial charge in [0.25, 0.3) is 0 Å². The van der Waals surface area contributed by atoms with Crippen LogP contribution in [0.2, 0.25) is 0 Å². The van der Waals surface area contributed by atoms with E-state index in [2.05, 4.69) is 21.3 Å². The largest absolute Gasteiger partial charge is 0.361 e. The Morgan fingerprint density at radius 3 is 2.78 bits per heavy atom. The van der Waals surface area contributed by atoms with Gasteiger partial charge in [-0.2, -0.15) is 0 Å². The SMILES string of the molecule is FC[C@H](c1c[nH]c2ccccc12)N1CCNCC1. The lowest BCUT2D eigenvalue weighted by molar-refractivity contribution is 0.148. The first kappa shape index (κ1) is 11.7. The maximum atomic E-state index is 13.5. The molecule has 96 valence electrons. The van der Waals surface area contributed by atoms with Gasteiger partial charge in [-0.25, -0.2) is 4.39 Å². The van der Waals surface area contributed by atoms with Gasteiger partial charge >= 0.3 is 0 Å². The molecular formula is C14H18FN3. The second-order valence-electron chi connectivity index (χ2n) is 4.75. The summed E-state index contributed by atoms with van der Waals surface area (Å²) in [5, 5.41) is 4.44. The first-order chi connectivity index (χ1) is 8.90. The van der Waals surface area contributed by atoms with Gasteiger partial charge < -0.3 is 10.3 Å². The molecule has 3 nitrogen and oxygen atoms in total. The van der Waals surface area contributed by atoms with Crippen LogP contribution in [0.15, 0.2) is 30.5 Å². The maximum Gasteiger partial charge on any atom is 0.109 e. The summed E-state index contributed by atoms with van der Waals surface area (Å²) in [7, 11) is 0. The van der Waals surface area contributed by atoms with Gasteiger partial charge in [0.15, 0.2) is 0 Å². The summed E-state index contributed by atoms with van der Waals surface area (Å²) in [5.74, 6) is 0. The molecule has 2 N–H and O–H groups in total. The van der Waals surface area contributed by atoms with E-state index in [1.165, 1.54) is 0 Å². The Morgan fingerprint density at radius 1 is 1.22 bits per heavy atom. The van der Waals surface area contributed by atoms with Crippen molar-refractivity contribution in [1.82, 2.24) is 15.2 Å². The number of benzene rings is 1. The molecule has 1 aromatic heterocycles. The zero-order chi connectivity index (χ0) is 12.4. The number of hydrogen-bond donors (Lipinski definition) is 2. The van der Waals surface area contributed by atoms with Crippen molar-refractivity contribution >= 4 is 10.9 Å². The first-order valence-corrected chi connectivity index (χ1v) is 6.47. The molecule has 18 heavy (non-hydrogen) atoms. The average Bonchev–Trinajstić information content (AvgIpc) is 2.85. The topological polar surface area (TPSA) is 31.1 Å². The summed E-state index contributed by atoms with van der Waals surface area (Å²) in [5.41, 5.74) is 2.16. The first-order valence-electron chi connectivity index (χ1n) is 6.47. The second kappa shape index (κ2) is 5.08. The van der Waals surface area contributed by atoms with Crippen LogP contribution in [0.25, 0.3) is 10.9 Å². The minimum absolute atomic E-state index is 0.122. The molecule has 4 heteroatoms. The Balaban J connectivity index is 1.95. The van der Waals surface area contributed by atoms with Crippen LogP contribution < -0.4 is 5.32 Å². The number of H-pyrrole nitrogens is 1. The lowest BCUT2D eigenvalue weighted by Crippen LogP contribution is -2.45. The Bertz CT molecular complexity index is 516. The van der Waals surface area contributed by atoms with Crippen LogP contribution in [-0.4, -0.2) is 42.7 Å². The number of halogens is 1. The molecule has 1 saturated heterocycles. The highest BCUT2D eigenvalue weighted by Crippen LogP contribution is 2.28. The van der Waals surface area contributed by atoms with Gasteiger partial charge in [0.05, 0.1) is 6.04 Å². The van der Waals surface area contributed by atoms with Crippen LogP contribution in [0, 0.1) is 0 Å². The monoisotopic (exact) mass is 247 g/mol. The lowest BCUT2D eigenvalue weighted by atomic mass is 10.0. The van der Waals surface area contributed by atoms with Gasteiger partial charge in [-0.05, 0) is 11.6 Å². The number of rotatable bonds is 3. The molecule has 1 atom stereocenters. The Labute approximate surface area is 106 Å². The molecule has 0 unspecified atom stereocenters. The van der Waals surface area contributed by atoms with Crippen molar-refractivity contribution in [1.29, 1.82) is 0 Å². The molecule has 1 aliphatic heterocycles. The number of nitrogens with zero attached hydrogens (tertiary/aromatic N) is 1. The summed E-state index contributed by atoms with van der Waals surface area (Å²) in [6, 6.07) is 7.98. The second-order valence-corrected chi connectivity index (χ2v) is 4.75. The van der Waals surface area contributed by atoms with Gasteiger partial charge in [0.1, 0.15) is 6.67 Å². The van der Waals surface area contributed by atoms with Crippen LogP contribution in [0.5, 0.6) is 0 Å². The standard InChI is InChI=1S/C14H18FN3/c15-9-14(18-7-5-16-6-8-18)12-10-17-13-4-2-1-3-11(12)13/h1-4,10,14,16-17H,5-9H2/t14-/m1/s1. The van der Waals surface area contributed by atoms with Gasteiger partial charge in [-0.15, -0.1) is 0 Å². The highest BCUT2D eigenvalue weighted by molar-refractivity contribution is 5.83. The minimum Gasteiger partial charge on any atom is -0.361 e. The maximum absolute atomic E-state index is 13.5. The van der Waals surface area contributed by atoms with Crippen molar-refractivity contribution in [3.05, 3.63) is 36.0 Å². The molecule has 1 aliphatic rings. The van der Waals surface area contributed by atoms with Crippen LogP contribution in [-0.2, 0) is 0 Å². The normalized spacial score (nSPS) is 19.2. The van der Waals surface area contributed by atoms with E-state index in [-0.39, 0.29) is 12.7 Å². The van der Waals surface area contributed by atoms with Crippen molar-refractivity contribution < 1.29 is 4.39 Å². The lowest BCUT2D eigenvalue weighted by Gasteiger charge is -2.33. The average molecular weight is 247 g/mol. The van der Waals surface area contributed by atoms with Gasteiger partial charge in [0, 0.05) is 43.3 Å². The van der Waals surface area contributed by atoms with E-state index in [9.17, 15) is 4.39 Å². The number of nitrogens with one attached hydrogen (secondary N) is 2. The zero-order valence-electron chi connectivity index (χ0n) is 10.3. The zero-order valence-corrected chi connectivity index (χ0v) is 10.3. The molecule has 2 aromatic rings. The molecule has 0 aliphatic carbocycles. The summed E-state index contributed by atoms with van der Waals surface area (Å²) in [4.78, 5) is 5.46. The van der Waals surface area contributed by atoms with E-state index in [1.807, 2.05) is 24.4 Å². The van der Waals surface area contributed by atoms with Crippen LogP contribution in [0.4, 0.5) is 4.39 Å². The van der Waals surface area contributed by atoms with Crippen LogP contribution in [0.3, 0.4) is 0 Å². The Hall–Kier alpha value is -1.39. The molecule has 0 radical (unpaired) electrons. The molecule has 3 rings (SSSR count). The molecule has 0 spiro atoms. The number of para-hydroxylation sites is 1. The third-order valence-electron chi connectivity index (χ3n) is 3.72. The van der Waals surface area contributed by atoms with Crippen molar-refractivity contribution in [2.75, 3.05) is 32.9 Å². The third kappa shape index (κ3) is 2.02. The minimum atomic E-state index is -0.332. The highest BCUT2D eigenvalue weighted by Gasteiger charge is 2.24. The number of hydrogen-bond acceptors (Lipinski definition) is 2. The van der Waals surface area contributed by atoms with Gasteiger partial charge in [-0.3, -0.25) is 4.90 Å². The molecule has 1 aromatic carbocycles. The van der Waals surface area contributed by atoms with E-state index in [1.54, 1.807) is 0 Å². The van der Waals surface area contributed by atoms with E-state index >= 15 is 0 Å². The van der Waals surface area contributed by atoms with Gasteiger partial charge in [-0.1, -0.05) is 18.2 Å². The fourth-order valence-electron chi connectivity index (χ4n) is 2.74. The number of fused-ring (bicyclic) bond motifs is 1. The van der Waals surface area contributed by atoms with Crippen LogP contribution in [0.1, 0.15) is 11.6 Å². The van der Waals surface area contributed by atoms with Crippen LogP contribution >= 0.6 is 0 Å². The van der Waals surface area contributed by atoms with Crippen molar-refractivity contribution in [2.45, 2.75) is 6.04 Å². The summed E-state index contributed by atoms with van der Waals surface area (Å²) in [6.45, 7) is 3.38. The van der Waals surface area contributed by atoms with E-state index in [4.69, 9.17) is 0 Å². The number of aromatic amines is 1. The highest BCUT2D eigenvalue weighted by atomic mass is 19.1. The Morgan fingerprint density at radius 2 is 2.00 bits per heavy atom. The fraction of sp³-hybridized carbons (Fsp3) is 0.429. The summed E-state index contributed by atoms with van der Waals surface area (Å²) >= 11 is 0. The molecule has 1 fully saturated rings. The quantitative estimate of drug-likeness (QED) is 0.870. The molecular weight excluding hydrogens is 229 g/mol. The Kier molecular flexibility index (Phi) is 3.30. The van der Waals surface area contributed by atoms with E-state index < -0.39 is 0 Å². The van der Waals surface area contributed by atoms with E-state index in [0.29, 0.717) is 0 Å². The predicted molar refractivity (Wildman–Crippen MR) is 71.5 cm³/mol. The number of alkyl halides is 1. The van der Waals surface area contributed by atoms with Crippen molar-refractivity contribution in [3.8, 4) is 0 Å². The summed E-state index contributed by atoms with van der Waals surface area (Å²) in [6.07, 6.45) is 1.96. The predicted octanol–water partition coefficient (Wildman–Crippen LogP) is 2.08. The number of aromatic nitrogens is 1. The summed E-state index contributed by atoms with van der Waals surface area (Å²) < 4.78 is 13.5. The molecule has 2 heterocycles. The fourth-order valence-corrected chi connectivity index (χ4v) is 2.74. The van der Waals surface area contributed by atoms with E-state index in [0.717, 1.165) is 42.6 Å². The van der Waals surface area contributed by atoms with Gasteiger partial charge in [0.2, 0.25) is 0 Å². The molecule has 0 amide bonds. The number of piperazine rings is 1. The van der Waals surface area contributed by atoms with Crippen molar-refractivity contribution in [2.24, 2.45) is 0 Å². The van der Waals surface area contributed by atoms with Crippen molar-refractivity contribution in [3.63, 3.8) is 0 Å². The third-order valence-corrected chi connectivity index (χ3v) is 3.72.